The zero-order valence-corrected chi connectivity index (χ0v) is 28.0. The van der Waals surface area contributed by atoms with Gasteiger partial charge in [-0.2, -0.15) is 0 Å². The highest BCUT2D eigenvalue weighted by Crippen LogP contribution is 2.44. The number of fused-ring (bicyclic) bond motifs is 3. The molecule has 1 spiro atoms. The Labute approximate surface area is 291 Å². The first-order chi connectivity index (χ1) is 24.2. The maximum atomic E-state index is 14.7. The number of oxazole rings is 1. The van der Waals surface area contributed by atoms with E-state index >= 15 is 0 Å². The molecule has 13 heteroatoms. The third-order valence-corrected chi connectivity index (χ3v) is 10.8. The normalized spacial score (nSPS) is 16.2. The summed E-state index contributed by atoms with van der Waals surface area (Å²) in [6, 6.07) is 14.8. The fourth-order valence-corrected chi connectivity index (χ4v) is 8.09. The quantitative estimate of drug-likeness (QED) is 0.205. The molecule has 0 bridgehead atoms. The number of rotatable bonds is 6. The zero-order valence-electron chi connectivity index (χ0n) is 27.2. The number of carbonyl (C=O) groups excluding carboxylic acids is 3. The molecule has 3 aliphatic heterocycles. The number of nitrogens with one attached hydrogen (secondary N) is 2. The second kappa shape index (κ2) is 12.8. The Kier molecular flexibility index (Phi) is 8.16. The van der Waals surface area contributed by atoms with E-state index in [0.29, 0.717) is 45.2 Å². The van der Waals surface area contributed by atoms with Crippen LogP contribution < -0.4 is 20.4 Å². The number of carbonyl (C=O) groups is 3. The third-order valence-electron chi connectivity index (χ3n) is 9.57. The monoisotopic (exact) mass is 692 g/mol. The van der Waals surface area contributed by atoms with E-state index in [9.17, 15) is 18.8 Å². The topological polar surface area (TPSA) is 130 Å². The van der Waals surface area contributed by atoms with Crippen LogP contribution in [0.3, 0.4) is 0 Å². The maximum absolute atomic E-state index is 14.7. The minimum atomic E-state index is -0.479. The van der Waals surface area contributed by atoms with E-state index in [1.807, 2.05) is 13.0 Å². The highest BCUT2D eigenvalue weighted by molar-refractivity contribution is 7.17. The smallest absolute Gasteiger partial charge is 0.301 e. The van der Waals surface area contributed by atoms with Crippen molar-refractivity contribution in [2.45, 2.75) is 26.2 Å². The molecule has 3 aliphatic rings. The average molecular weight is 693 g/mol. The van der Waals surface area contributed by atoms with Crippen molar-refractivity contribution < 1.29 is 27.9 Å². The first kappa shape index (κ1) is 31.8. The molecule has 0 atom stereocenters. The van der Waals surface area contributed by atoms with E-state index in [0.717, 1.165) is 55.1 Å². The summed E-state index contributed by atoms with van der Waals surface area (Å²) in [6.07, 6.45) is 7.07. The van der Waals surface area contributed by atoms with Crippen molar-refractivity contribution in [3.8, 4) is 10.4 Å². The molecule has 3 aromatic heterocycles. The summed E-state index contributed by atoms with van der Waals surface area (Å²) in [5.41, 5.74) is 4.48. The van der Waals surface area contributed by atoms with E-state index in [4.69, 9.17) is 9.15 Å². The first-order valence-corrected chi connectivity index (χ1v) is 17.2. The van der Waals surface area contributed by atoms with Gasteiger partial charge < -0.3 is 24.3 Å². The standard InChI is InChI=1S/C37H33FN6O5S/c1-22-16-28(32(40-19-22)43-20-37(21-43)9-13-48-14-10-37)33(45)41-26-5-2-23(3-6-26)35(47)44-12-8-24-17-30(34(46)42-36-39-11-15-49-36)50-31(24)27-7-4-25(38)18-29(27)44/h2-7,11,15-19H,8-10,12-14,20-21H2,1H3,(H,41,45)(H,39,42,46). The number of hydrogen-bond acceptors (Lipinski definition) is 9. The first-order valence-electron chi connectivity index (χ1n) is 16.4. The van der Waals surface area contributed by atoms with Crippen LogP contribution in [0.2, 0.25) is 0 Å². The van der Waals surface area contributed by atoms with E-state index in [2.05, 4.69) is 25.5 Å². The second-order valence-corrected chi connectivity index (χ2v) is 14.1. The summed E-state index contributed by atoms with van der Waals surface area (Å²) in [5.74, 6) is -0.767. The number of amides is 3. The number of aryl methyl sites for hydroxylation is 1. The molecule has 8 rings (SSSR count). The van der Waals surface area contributed by atoms with Gasteiger partial charge in [0, 0.05) is 66.2 Å². The van der Waals surface area contributed by atoms with Gasteiger partial charge in [-0.25, -0.2) is 14.4 Å². The van der Waals surface area contributed by atoms with Crippen molar-refractivity contribution in [2.24, 2.45) is 5.41 Å². The number of ether oxygens (including phenoxy) is 1. The molecule has 2 fully saturated rings. The predicted molar refractivity (Wildman–Crippen MR) is 188 cm³/mol. The largest absolute Gasteiger partial charge is 0.432 e. The lowest BCUT2D eigenvalue weighted by molar-refractivity contribution is -0.000511. The van der Waals surface area contributed by atoms with Gasteiger partial charge in [-0.05, 0) is 91.9 Å². The van der Waals surface area contributed by atoms with Crippen molar-refractivity contribution in [3.63, 3.8) is 0 Å². The molecule has 0 radical (unpaired) electrons. The molecule has 0 aliphatic carbocycles. The molecular weight excluding hydrogens is 660 g/mol. The lowest BCUT2D eigenvalue weighted by atomic mass is 9.73. The maximum Gasteiger partial charge on any atom is 0.301 e. The predicted octanol–water partition coefficient (Wildman–Crippen LogP) is 6.57. The second-order valence-electron chi connectivity index (χ2n) is 13.0. The van der Waals surface area contributed by atoms with Gasteiger partial charge in [-0.15, -0.1) is 11.3 Å². The minimum Gasteiger partial charge on any atom is -0.432 e. The number of anilines is 4. The molecule has 6 heterocycles. The van der Waals surface area contributed by atoms with Crippen molar-refractivity contribution in [3.05, 3.63) is 106 Å². The van der Waals surface area contributed by atoms with Crippen LogP contribution in [0.25, 0.3) is 10.4 Å². The number of benzene rings is 2. The van der Waals surface area contributed by atoms with Crippen LogP contribution in [0.1, 0.15) is 54.4 Å². The summed E-state index contributed by atoms with van der Waals surface area (Å²) in [4.78, 5) is 53.9. The number of nitrogens with zero attached hydrogens (tertiary/aromatic N) is 4. The fourth-order valence-electron chi connectivity index (χ4n) is 6.95. The summed E-state index contributed by atoms with van der Waals surface area (Å²) >= 11 is 1.26. The zero-order chi connectivity index (χ0) is 34.4. The van der Waals surface area contributed by atoms with Crippen molar-refractivity contribution in [1.29, 1.82) is 0 Å². The summed E-state index contributed by atoms with van der Waals surface area (Å²) in [6.45, 7) is 5.41. The Morgan fingerprint density at radius 3 is 2.52 bits per heavy atom. The van der Waals surface area contributed by atoms with Crippen molar-refractivity contribution in [2.75, 3.05) is 53.3 Å². The number of halogens is 1. The Balaban J connectivity index is 0.990. The lowest BCUT2D eigenvalue weighted by Gasteiger charge is -2.53. The Morgan fingerprint density at radius 1 is 0.960 bits per heavy atom. The van der Waals surface area contributed by atoms with Gasteiger partial charge in [0.15, 0.2) is 0 Å². The van der Waals surface area contributed by atoms with Gasteiger partial charge in [0.25, 0.3) is 17.7 Å². The molecule has 2 saturated heterocycles. The van der Waals surface area contributed by atoms with Crippen molar-refractivity contribution in [1.82, 2.24) is 9.97 Å². The van der Waals surface area contributed by atoms with E-state index < -0.39 is 5.82 Å². The molecule has 0 saturated carbocycles. The Morgan fingerprint density at radius 2 is 1.76 bits per heavy atom. The average Bonchev–Trinajstić information content (AvgIpc) is 3.76. The Bertz CT molecular complexity index is 2100. The van der Waals surface area contributed by atoms with Gasteiger partial charge in [0.1, 0.15) is 17.9 Å². The highest BCUT2D eigenvalue weighted by atomic mass is 32.1. The van der Waals surface area contributed by atoms with Gasteiger partial charge in [-0.3, -0.25) is 19.7 Å². The van der Waals surface area contributed by atoms with Gasteiger partial charge >= 0.3 is 6.01 Å². The molecule has 2 aromatic carbocycles. The SMILES string of the molecule is Cc1cnc(N2CC3(CCOCC3)C2)c(C(=O)Nc2ccc(C(=O)N3CCc4cc(C(=O)Nc5ncco5)sc4-c4ccc(F)cc43)cc2)c1. The molecule has 254 valence electrons. The number of pyridine rings is 1. The molecule has 0 unspecified atom stereocenters. The van der Waals surface area contributed by atoms with E-state index in [1.54, 1.807) is 47.5 Å². The fraction of sp³-hybridized carbons (Fsp3) is 0.270. The van der Waals surface area contributed by atoms with Gasteiger partial charge in [0.05, 0.1) is 22.3 Å². The summed E-state index contributed by atoms with van der Waals surface area (Å²) < 4.78 is 25.3. The van der Waals surface area contributed by atoms with Gasteiger partial charge in [-0.1, -0.05) is 0 Å². The van der Waals surface area contributed by atoms with Crippen LogP contribution in [0, 0.1) is 18.2 Å². The number of thiophene rings is 1. The van der Waals surface area contributed by atoms with Crippen LogP contribution >= 0.6 is 11.3 Å². The minimum absolute atomic E-state index is 0.0932. The van der Waals surface area contributed by atoms with Crippen LogP contribution in [0.4, 0.5) is 27.6 Å². The van der Waals surface area contributed by atoms with Crippen LogP contribution in [-0.2, 0) is 11.2 Å². The third kappa shape index (κ3) is 6.03. The van der Waals surface area contributed by atoms with E-state index in [-0.39, 0.29) is 35.7 Å². The molecular formula is C37H33FN6O5S. The summed E-state index contributed by atoms with van der Waals surface area (Å²) in [5, 5.41) is 5.60. The molecule has 3 amide bonds. The lowest BCUT2D eigenvalue weighted by Crippen LogP contribution is -2.59. The Hall–Kier alpha value is -5.40. The number of aromatic nitrogens is 2. The van der Waals surface area contributed by atoms with Gasteiger partial charge in [0.2, 0.25) is 0 Å². The van der Waals surface area contributed by atoms with Crippen LogP contribution in [0.15, 0.2) is 77.7 Å². The summed E-state index contributed by atoms with van der Waals surface area (Å²) in [7, 11) is 0. The molecule has 11 nitrogen and oxygen atoms in total. The van der Waals surface area contributed by atoms with Crippen molar-refractivity contribution >= 4 is 52.3 Å². The van der Waals surface area contributed by atoms with Crippen LogP contribution in [0.5, 0.6) is 0 Å². The molecule has 2 N–H and O–H groups in total. The van der Waals surface area contributed by atoms with E-state index in [1.165, 1.54) is 35.9 Å². The molecule has 5 aromatic rings. The number of hydrogen-bond donors (Lipinski definition) is 2. The highest BCUT2D eigenvalue weighted by Gasteiger charge is 2.45. The van der Waals surface area contributed by atoms with Crippen LogP contribution in [-0.4, -0.2) is 60.5 Å². The molecule has 50 heavy (non-hydrogen) atoms.